The summed E-state index contributed by atoms with van der Waals surface area (Å²) in [5.41, 5.74) is 1.97. The van der Waals surface area contributed by atoms with Crippen LogP contribution in [0.4, 0.5) is 0 Å². The quantitative estimate of drug-likeness (QED) is 0.385. The largest absolute Gasteiger partial charge is 0.356 e. The van der Waals surface area contributed by atoms with E-state index in [0.717, 1.165) is 36.8 Å². The molecule has 0 atom stereocenters. The third kappa shape index (κ3) is 6.17. The van der Waals surface area contributed by atoms with Crippen molar-refractivity contribution < 1.29 is 8.42 Å². The minimum atomic E-state index is -3.43. The van der Waals surface area contributed by atoms with E-state index in [4.69, 9.17) is 11.6 Å². The number of aliphatic imine (C=N–C) groups is 1. The third-order valence-electron chi connectivity index (χ3n) is 5.03. The van der Waals surface area contributed by atoms with E-state index in [1.54, 1.807) is 41.8 Å². The molecule has 1 fully saturated rings. The molecular formula is C21H28ClN5O2S. The molecule has 0 saturated carbocycles. The average Bonchev–Trinajstić information content (AvgIpc) is 2.78. The van der Waals surface area contributed by atoms with Crippen LogP contribution in [-0.2, 0) is 23.0 Å². The molecule has 2 N–H and O–H groups in total. The van der Waals surface area contributed by atoms with Crippen LogP contribution in [0, 0.1) is 0 Å². The molecule has 162 valence electrons. The molecule has 1 saturated heterocycles. The highest BCUT2D eigenvalue weighted by atomic mass is 35.5. The maximum absolute atomic E-state index is 12.9. The van der Waals surface area contributed by atoms with Gasteiger partial charge in [0.05, 0.1) is 4.90 Å². The zero-order valence-electron chi connectivity index (χ0n) is 17.1. The van der Waals surface area contributed by atoms with E-state index in [1.807, 2.05) is 12.1 Å². The fraction of sp³-hybridized carbons (Fsp3) is 0.429. The molecule has 0 amide bonds. The van der Waals surface area contributed by atoms with E-state index in [9.17, 15) is 8.42 Å². The summed E-state index contributed by atoms with van der Waals surface area (Å²) in [7, 11) is -1.73. The van der Waals surface area contributed by atoms with Crippen molar-refractivity contribution in [2.75, 3.05) is 26.7 Å². The van der Waals surface area contributed by atoms with Gasteiger partial charge in [-0.05, 0) is 48.6 Å². The van der Waals surface area contributed by atoms with Crippen molar-refractivity contribution in [1.82, 2.24) is 19.9 Å². The van der Waals surface area contributed by atoms with Crippen LogP contribution in [0.1, 0.15) is 30.4 Å². The smallest absolute Gasteiger partial charge is 0.243 e. The number of nitrogens with zero attached hydrogens (tertiary/aromatic N) is 3. The second-order valence-electron chi connectivity index (χ2n) is 7.20. The Morgan fingerprint density at radius 3 is 2.63 bits per heavy atom. The minimum Gasteiger partial charge on any atom is -0.356 e. The van der Waals surface area contributed by atoms with Crippen molar-refractivity contribution in [3.8, 4) is 0 Å². The van der Waals surface area contributed by atoms with E-state index in [0.29, 0.717) is 42.2 Å². The van der Waals surface area contributed by atoms with Crippen LogP contribution in [0.15, 0.2) is 52.5 Å². The van der Waals surface area contributed by atoms with Gasteiger partial charge >= 0.3 is 0 Å². The zero-order chi connectivity index (χ0) is 21.4. The highest BCUT2D eigenvalue weighted by molar-refractivity contribution is 7.89. The predicted molar refractivity (Wildman–Crippen MR) is 120 cm³/mol. The standard InChI is InChI=1S/C21H28ClN5O2S/c1-23-21(24-11-10-17-8-9-20(22)25-15-17)26-16-18-6-5-7-19(14-18)30(28,29)27-12-3-2-4-13-27/h5-9,14-15H,2-4,10-13,16H2,1H3,(H2,23,24,26). The molecule has 3 rings (SSSR count). The molecule has 1 aliphatic heterocycles. The monoisotopic (exact) mass is 449 g/mol. The number of halogens is 1. The minimum absolute atomic E-state index is 0.349. The van der Waals surface area contributed by atoms with Gasteiger partial charge in [0.15, 0.2) is 5.96 Å². The van der Waals surface area contributed by atoms with Gasteiger partial charge in [-0.15, -0.1) is 0 Å². The number of hydrogen-bond acceptors (Lipinski definition) is 4. The van der Waals surface area contributed by atoms with Gasteiger partial charge in [-0.25, -0.2) is 13.4 Å². The first-order chi connectivity index (χ1) is 14.5. The molecule has 0 spiro atoms. The molecular weight excluding hydrogens is 422 g/mol. The van der Waals surface area contributed by atoms with Crippen molar-refractivity contribution in [3.05, 3.63) is 58.9 Å². The maximum Gasteiger partial charge on any atom is 0.243 e. The van der Waals surface area contributed by atoms with Crippen LogP contribution in [0.25, 0.3) is 0 Å². The Bertz CT molecular complexity index is 958. The van der Waals surface area contributed by atoms with Gasteiger partial charge in [0, 0.05) is 39.4 Å². The molecule has 0 bridgehead atoms. The second-order valence-corrected chi connectivity index (χ2v) is 9.53. The van der Waals surface area contributed by atoms with Crippen molar-refractivity contribution in [1.29, 1.82) is 0 Å². The summed E-state index contributed by atoms with van der Waals surface area (Å²) in [6.45, 7) is 2.37. The van der Waals surface area contributed by atoms with Crippen molar-refractivity contribution in [2.24, 2.45) is 4.99 Å². The molecule has 0 aliphatic carbocycles. The summed E-state index contributed by atoms with van der Waals surface area (Å²) in [6.07, 6.45) is 5.49. The fourth-order valence-electron chi connectivity index (χ4n) is 3.36. The SMILES string of the molecule is CN=C(NCCc1ccc(Cl)nc1)NCc1cccc(S(=O)(=O)N2CCCCC2)c1. The lowest BCUT2D eigenvalue weighted by molar-refractivity contribution is 0.346. The third-order valence-corrected chi connectivity index (χ3v) is 7.15. The van der Waals surface area contributed by atoms with Crippen LogP contribution in [0.5, 0.6) is 0 Å². The van der Waals surface area contributed by atoms with Gasteiger partial charge in [0.25, 0.3) is 0 Å². The Morgan fingerprint density at radius 2 is 1.93 bits per heavy atom. The number of aromatic nitrogens is 1. The van der Waals surface area contributed by atoms with E-state index in [-0.39, 0.29) is 0 Å². The number of pyridine rings is 1. The van der Waals surface area contributed by atoms with Gasteiger partial charge in [0.2, 0.25) is 10.0 Å². The van der Waals surface area contributed by atoms with Gasteiger partial charge in [-0.3, -0.25) is 4.99 Å². The molecule has 0 radical (unpaired) electrons. The second kappa shape index (κ2) is 10.7. The number of sulfonamides is 1. The van der Waals surface area contributed by atoms with E-state index >= 15 is 0 Å². The molecule has 2 heterocycles. The van der Waals surface area contributed by atoms with Crippen LogP contribution in [0.3, 0.4) is 0 Å². The maximum atomic E-state index is 12.9. The Morgan fingerprint density at radius 1 is 1.13 bits per heavy atom. The Labute approximate surface area is 183 Å². The summed E-state index contributed by atoms with van der Waals surface area (Å²) in [5, 5.41) is 6.96. The lowest BCUT2D eigenvalue weighted by atomic mass is 10.2. The van der Waals surface area contributed by atoms with Crippen molar-refractivity contribution in [3.63, 3.8) is 0 Å². The number of benzene rings is 1. The molecule has 1 aromatic carbocycles. The molecule has 9 heteroatoms. The van der Waals surface area contributed by atoms with E-state index < -0.39 is 10.0 Å². The summed E-state index contributed by atoms with van der Waals surface area (Å²) in [5.74, 6) is 0.654. The van der Waals surface area contributed by atoms with Gasteiger partial charge in [-0.2, -0.15) is 4.31 Å². The first-order valence-corrected chi connectivity index (χ1v) is 11.9. The fourth-order valence-corrected chi connectivity index (χ4v) is 5.06. The summed E-state index contributed by atoms with van der Waals surface area (Å²) < 4.78 is 27.4. The number of nitrogens with one attached hydrogen (secondary N) is 2. The number of rotatable bonds is 7. The van der Waals surface area contributed by atoms with Gasteiger partial charge in [-0.1, -0.05) is 36.2 Å². The highest BCUT2D eigenvalue weighted by Crippen LogP contribution is 2.21. The van der Waals surface area contributed by atoms with Crippen LogP contribution in [-0.4, -0.2) is 50.3 Å². The summed E-state index contributed by atoms with van der Waals surface area (Å²) in [6, 6.07) is 10.8. The Kier molecular flexibility index (Phi) is 8.07. The average molecular weight is 450 g/mol. The normalized spacial score (nSPS) is 15.7. The van der Waals surface area contributed by atoms with Crippen LogP contribution < -0.4 is 10.6 Å². The molecule has 1 aromatic heterocycles. The predicted octanol–water partition coefficient (Wildman–Crippen LogP) is 2.82. The summed E-state index contributed by atoms with van der Waals surface area (Å²) in [4.78, 5) is 8.65. The summed E-state index contributed by atoms with van der Waals surface area (Å²) >= 11 is 5.81. The molecule has 30 heavy (non-hydrogen) atoms. The van der Waals surface area contributed by atoms with E-state index in [1.165, 1.54) is 0 Å². The number of guanidine groups is 1. The zero-order valence-corrected chi connectivity index (χ0v) is 18.7. The molecule has 7 nitrogen and oxygen atoms in total. The first kappa shape index (κ1) is 22.5. The topological polar surface area (TPSA) is 86.7 Å². The molecule has 0 unspecified atom stereocenters. The van der Waals surface area contributed by atoms with E-state index in [2.05, 4.69) is 20.6 Å². The molecule has 1 aliphatic rings. The Balaban J connectivity index is 1.54. The Hall–Kier alpha value is -2.16. The van der Waals surface area contributed by atoms with Crippen LogP contribution >= 0.6 is 11.6 Å². The highest BCUT2D eigenvalue weighted by Gasteiger charge is 2.25. The molecule has 2 aromatic rings. The van der Waals surface area contributed by atoms with Crippen molar-refractivity contribution in [2.45, 2.75) is 37.1 Å². The number of piperidine rings is 1. The van der Waals surface area contributed by atoms with Crippen LogP contribution in [0.2, 0.25) is 5.15 Å². The first-order valence-electron chi connectivity index (χ1n) is 10.1. The van der Waals surface area contributed by atoms with Crippen molar-refractivity contribution >= 4 is 27.6 Å². The lowest BCUT2D eigenvalue weighted by Gasteiger charge is -2.26. The van der Waals surface area contributed by atoms with Gasteiger partial charge in [0.1, 0.15) is 5.15 Å². The lowest BCUT2D eigenvalue weighted by Crippen LogP contribution is -2.38. The van der Waals surface area contributed by atoms with Gasteiger partial charge < -0.3 is 10.6 Å². The number of hydrogen-bond donors (Lipinski definition) is 2.